The highest BCUT2D eigenvalue weighted by Crippen LogP contribution is 2.52. The molecule has 0 bridgehead atoms. The molecule has 1 aromatic carbocycles. The van der Waals surface area contributed by atoms with Gasteiger partial charge in [0.1, 0.15) is 17.9 Å². The summed E-state index contributed by atoms with van der Waals surface area (Å²) in [6.45, 7) is 13.0. The van der Waals surface area contributed by atoms with Crippen molar-refractivity contribution < 1.29 is 9.53 Å². The summed E-state index contributed by atoms with van der Waals surface area (Å²) in [6.07, 6.45) is 24.9. The minimum atomic E-state index is -0.185. The average molecular weight is 946 g/mol. The summed E-state index contributed by atoms with van der Waals surface area (Å²) in [6, 6.07) is 8.74. The third-order valence-corrected chi connectivity index (χ3v) is 20.3. The first-order chi connectivity index (χ1) is 32.0. The van der Waals surface area contributed by atoms with Gasteiger partial charge in [-0.2, -0.15) is 5.26 Å². The molecule has 13 atom stereocenters. The minimum absolute atomic E-state index is 0.0866. The number of rotatable bonds is 9. The molecule has 5 saturated heterocycles. The smallest absolute Gasteiger partial charge is 0.238 e. The Morgan fingerprint density at radius 1 is 0.970 bits per heavy atom. The number of halogens is 1. The van der Waals surface area contributed by atoms with Crippen LogP contribution in [0.2, 0.25) is 5.02 Å². The van der Waals surface area contributed by atoms with E-state index in [1.165, 1.54) is 109 Å². The van der Waals surface area contributed by atoms with Crippen LogP contribution in [0.1, 0.15) is 162 Å². The number of thioether (sulfide) groups is 1. The van der Waals surface area contributed by atoms with Crippen LogP contribution in [0.25, 0.3) is 0 Å². The van der Waals surface area contributed by atoms with Gasteiger partial charge in [-0.1, -0.05) is 51.1 Å². The third kappa shape index (κ3) is 10.1. The average Bonchev–Trinajstić information content (AvgIpc) is 3.86. The summed E-state index contributed by atoms with van der Waals surface area (Å²) >= 11 is 8.46. The number of nitrogens with one attached hydrogen (secondary N) is 5. The predicted molar refractivity (Wildman–Crippen MR) is 266 cm³/mol. The number of benzene rings is 1. The Hall–Kier alpha value is -1.99. The van der Waals surface area contributed by atoms with Gasteiger partial charge in [0.05, 0.1) is 46.6 Å². The molecule has 66 heavy (non-hydrogen) atoms. The lowest BCUT2D eigenvalue weighted by molar-refractivity contribution is -0.136. The summed E-state index contributed by atoms with van der Waals surface area (Å²) in [4.78, 5) is 25.2. The molecule has 1 aromatic rings. The summed E-state index contributed by atoms with van der Waals surface area (Å²) in [5, 5.41) is 21.0. The van der Waals surface area contributed by atoms with E-state index >= 15 is 0 Å². The number of nitrogens with zero attached hydrogens (tertiary/aromatic N) is 5. The summed E-state index contributed by atoms with van der Waals surface area (Å²) in [5.41, 5.74) is 13.5. The second-order valence-corrected chi connectivity index (χ2v) is 24.6. The van der Waals surface area contributed by atoms with Gasteiger partial charge in [-0.15, -0.1) is 11.8 Å². The van der Waals surface area contributed by atoms with Gasteiger partial charge >= 0.3 is 0 Å². The van der Waals surface area contributed by atoms with Gasteiger partial charge in [0.2, 0.25) is 5.91 Å². The Balaban J connectivity index is 0.724. The SMILES string of the molecule is CC1SC2C(C(C3CCC(CC4CCC5(CCCN(C6CCC(C(=O)NC7CCC(Oc8ccc(C#N)c(Cl)c8)CC7)NN6C6CCCCCC6)C5)C4)NC3)=N[C@@H](C)C3NNC(C)N23)C1C. The molecule has 3 aliphatic carbocycles. The fraction of sp³-hybridized carbons (Fsp3) is 0.827. The highest BCUT2D eigenvalue weighted by molar-refractivity contribution is 8.00. The van der Waals surface area contributed by atoms with Crippen molar-refractivity contribution in [3.8, 4) is 11.8 Å². The number of likely N-dealkylation sites (tertiary alicyclic amines) is 1. The van der Waals surface area contributed by atoms with E-state index in [0.717, 1.165) is 51.0 Å². The quantitative estimate of drug-likeness (QED) is 0.153. The van der Waals surface area contributed by atoms with Crippen LogP contribution in [0.15, 0.2) is 23.2 Å². The molecule has 14 heteroatoms. The van der Waals surface area contributed by atoms with E-state index in [0.29, 0.717) is 74.5 Å². The number of hydrazine groups is 2. The monoisotopic (exact) mass is 945 g/mol. The van der Waals surface area contributed by atoms with E-state index in [1.54, 1.807) is 12.1 Å². The highest BCUT2D eigenvalue weighted by Gasteiger charge is 2.54. The van der Waals surface area contributed by atoms with Crippen molar-refractivity contribution in [1.29, 1.82) is 5.26 Å². The van der Waals surface area contributed by atoms with E-state index in [-0.39, 0.29) is 36.3 Å². The van der Waals surface area contributed by atoms with Crippen molar-refractivity contribution in [2.45, 2.75) is 222 Å². The van der Waals surface area contributed by atoms with Crippen LogP contribution in [0.3, 0.4) is 0 Å². The van der Waals surface area contributed by atoms with Gasteiger partial charge in [-0.25, -0.2) is 21.3 Å². The number of carbonyl (C=O) groups is 1. The molecule has 10 rings (SSSR count). The van der Waals surface area contributed by atoms with Crippen LogP contribution < -0.4 is 31.6 Å². The number of nitriles is 1. The molecule has 5 N–H and O–H groups in total. The lowest BCUT2D eigenvalue weighted by Crippen LogP contribution is -2.67. The molecule has 1 amide bonds. The summed E-state index contributed by atoms with van der Waals surface area (Å²) < 4.78 is 6.26. The predicted octanol–water partition coefficient (Wildman–Crippen LogP) is 8.32. The summed E-state index contributed by atoms with van der Waals surface area (Å²) in [5.74, 6) is 3.39. The second kappa shape index (κ2) is 20.8. The zero-order chi connectivity index (χ0) is 45.5. The van der Waals surface area contributed by atoms with Gasteiger partial charge in [-0.3, -0.25) is 19.6 Å². The standard InChI is InChI=1S/C52H81ClN10O2S/c1-32-34(3)66-51-47(32)48(56-33(2)49-59-58-35(4)62(49)51)38-12-14-40(55-30-38)26-36-22-24-52(28-36)23-9-25-61(31-52)46-21-20-45(60-63(46)41-10-7-5-6-8-11-41)50(64)57-39-15-18-42(19-16-39)65-43-17-13-37(29-54)44(53)27-43/h13,17,27,32-36,38-42,45-47,49,51,55,58-60H,5-12,14-16,18-26,28,30-31H2,1-4H3,(H,57,64)/t32?,33-,34?,35?,36?,38?,39?,40?,42?,45?,46?,47?,49?,51?,52?/m0/s1. The Kier molecular flexibility index (Phi) is 15.0. The molecule has 12 nitrogen and oxygen atoms in total. The van der Waals surface area contributed by atoms with Gasteiger partial charge in [0.15, 0.2) is 0 Å². The highest BCUT2D eigenvalue weighted by atomic mass is 35.5. The van der Waals surface area contributed by atoms with Gasteiger partial charge < -0.3 is 15.4 Å². The third-order valence-electron chi connectivity index (χ3n) is 18.3. The van der Waals surface area contributed by atoms with E-state index in [4.69, 9.17) is 21.3 Å². The van der Waals surface area contributed by atoms with Crippen LogP contribution in [-0.2, 0) is 4.79 Å². The molecule has 9 aliphatic rings. The molecule has 8 fully saturated rings. The zero-order valence-electron chi connectivity index (χ0n) is 40.5. The lowest BCUT2D eigenvalue weighted by Gasteiger charge is -2.52. The number of carbonyl (C=O) groups excluding carboxylic acids is 1. The first kappa shape index (κ1) is 47.7. The maximum atomic E-state index is 14.1. The number of ether oxygens (including phenoxy) is 1. The van der Waals surface area contributed by atoms with Gasteiger partial charge in [-0.05, 0) is 153 Å². The van der Waals surface area contributed by atoms with Crippen LogP contribution in [0.5, 0.6) is 5.75 Å². The molecular formula is C52H81ClN10O2S. The maximum absolute atomic E-state index is 14.1. The molecule has 1 spiro atoms. The first-order valence-electron chi connectivity index (χ1n) is 26.7. The first-order valence-corrected chi connectivity index (χ1v) is 28.1. The Morgan fingerprint density at radius 3 is 2.55 bits per heavy atom. The number of hydrogen-bond acceptors (Lipinski definition) is 12. The second-order valence-electron chi connectivity index (χ2n) is 22.7. The lowest BCUT2D eigenvalue weighted by atomic mass is 9.76. The fourth-order valence-corrected chi connectivity index (χ4v) is 16.7. The Bertz CT molecular complexity index is 1910. The number of aliphatic imine (C=N–C) groups is 1. The number of piperidine rings is 2. The normalized spacial score (nSPS) is 41.9. The molecule has 3 saturated carbocycles. The van der Waals surface area contributed by atoms with Crippen LogP contribution in [0, 0.1) is 40.4 Å². The molecule has 0 radical (unpaired) electrons. The fourth-order valence-electron chi connectivity index (χ4n) is 14.6. The zero-order valence-corrected chi connectivity index (χ0v) is 42.1. The molecule has 12 unspecified atom stereocenters. The number of fused-ring (bicyclic) bond motifs is 3. The van der Waals surface area contributed by atoms with Crippen molar-refractivity contribution in [2.24, 2.45) is 34.1 Å². The van der Waals surface area contributed by atoms with E-state index in [2.05, 4.69) is 87.2 Å². The van der Waals surface area contributed by atoms with Crippen LogP contribution >= 0.6 is 23.4 Å². The van der Waals surface area contributed by atoms with Gasteiger partial charge in [0.25, 0.3) is 0 Å². The molecule has 0 aromatic heterocycles. The molecule has 364 valence electrons. The van der Waals surface area contributed by atoms with Crippen molar-refractivity contribution in [1.82, 2.24) is 41.7 Å². The van der Waals surface area contributed by atoms with Crippen molar-refractivity contribution in [3.05, 3.63) is 28.8 Å². The van der Waals surface area contributed by atoms with Crippen molar-refractivity contribution in [2.75, 3.05) is 19.6 Å². The van der Waals surface area contributed by atoms with Crippen LogP contribution in [-0.4, -0.2) is 111 Å². The molecular weight excluding hydrogens is 864 g/mol. The minimum Gasteiger partial charge on any atom is -0.490 e. The maximum Gasteiger partial charge on any atom is 0.238 e. The van der Waals surface area contributed by atoms with Crippen LogP contribution in [0.4, 0.5) is 0 Å². The van der Waals surface area contributed by atoms with Gasteiger partial charge in [0, 0.05) is 60.1 Å². The molecule has 6 heterocycles. The van der Waals surface area contributed by atoms with E-state index < -0.39 is 0 Å². The number of hydrogen-bond donors (Lipinski definition) is 5. The van der Waals surface area contributed by atoms with E-state index in [9.17, 15) is 10.1 Å². The topological polar surface area (TPSA) is 132 Å². The van der Waals surface area contributed by atoms with Crippen molar-refractivity contribution >= 4 is 35.0 Å². The number of amides is 1. The summed E-state index contributed by atoms with van der Waals surface area (Å²) in [7, 11) is 0. The Morgan fingerprint density at radius 2 is 1.79 bits per heavy atom. The van der Waals surface area contributed by atoms with E-state index in [1.807, 2.05) is 6.07 Å². The Labute approximate surface area is 405 Å². The van der Waals surface area contributed by atoms with Crippen molar-refractivity contribution in [3.63, 3.8) is 0 Å². The largest absolute Gasteiger partial charge is 0.490 e. The molecule has 6 aliphatic heterocycles.